The van der Waals surface area contributed by atoms with Crippen LogP contribution >= 0.6 is 15.9 Å². The first-order chi connectivity index (χ1) is 7.06. The molecule has 0 aliphatic heterocycles. The van der Waals surface area contributed by atoms with Gasteiger partial charge in [0, 0.05) is 5.92 Å². The number of carboxylic acids is 1. The smallest absolute Gasteiger partial charge is 0.304 e. The summed E-state index contributed by atoms with van der Waals surface area (Å²) in [7, 11) is 0. The van der Waals surface area contributed by atoms with E-state index in [9.17, 15) is 9.90 Å². The number of phenols is 1. The third-order valence-electron chi connectivity index (χ3n) is 2.15. The highest BCUT2D eigenvalue weighted by atomic mass is 79.9. The molecule has 4 N–H and O–H groups in total. The van der Waals surface area contributed by atoms with Crippen LogP contribution in [0.25, 0.3) is 0 Å². The minimum Gasteiger partial charge on any atom is -0.507 e. The van der Waals surface area contributed by atoms with E-state index in [2.05, 4.69) is 15.9 Å². The van der Waals surface area contributed by atoms with Gasteiger partial charge >= 0.3 is 5.97 Å². The Hall–Kier alpha value is -1.07. The van der Waals surface area contributed by atoms with Gasteiger partial charge in [-0.15, -0.1) is 0 Å². The van der Waals surface area contributed by atoms with Crippen LogP contribution in [0.2, 0.25) is 0 Å². The molecule has 0 fully saturated rings. The number of benzene rings is 1. The number of hydrogen-bond acceptors (Lipinski definition) is 3. The van der Waals surface area contributed by atoms with Crippen molar-refractivity contribution in [1.82, 2.24) is 0 Å². The molecule has 15 heavy (non-hydrogen) atoms. The van der Waals surface area contributed by atoms with Crippen LogP contribution < -0.4 is 5.73 Å². The first-order valence-electron chi connectivity index (χ1n) is 4.45. The van der Waals surface area contributed by atoms with E-state index in [1.54, 1.807) is 12.1 Å². The van der Waals surface area contributed by atoms with Gasteiger partial charge in [0.2, 0.25) is 0 Å². The molecule has 0 aliphatic rings. The van der Waals surface area contributed by atoms with Crippen molar-refractivity contribution in [3.8, 4) is 5.75 Å². The van der Waals surface area contributed by atoms with Crippen LogP contribution in [0.5, 0.6) is 5.75 Å². The molecule has 0 amide bonds. The molecule has 0 aliphatic carbocycles. The Morgan fingerprint density at radius 3 is 2.73 bits per heavy atom. The molecule has 82 valence electrons. The fraction of sp³-hybridized carbons (Fsp3) is 0.300. The number of phenolic OH excluding ortho intramolecular Hbond substituents is 1. The summed E-state index contributed by atoms with van der Waals surface area (Å²) in [5.74, 6) is -1.10. The normalized spacial score (nSPS) is 12.4. The molecule has 1 atom stereocenters. The maximum Gasteiger partial charge on any atom is 0.304 e. The second kappa shape index (κ2) is 5.14. The van der Waals surface area contributed by atoms with Crippen LogP contribution in [-0.4, -0.2) is 22.7 Å². The van der Waals surface area contributed by atoms with Crippen LogP contribution in [0.3, 0.4) is 0 Å². The van der Waals surface area contributed by atoms with E-state index in [0.29, 0.717) is 4.47 Å². The van der Waals surface area contributed by atoms with Crippen molar-refractivity contribution in [3.05, 3.63) is 28.2 Å². The van der Waals surface area contributed by atoms with Gasteiger partial charge in [-0.2, -0.15) is 0 Å². The van der Waals surface area contributed by atoms with E-state index >= 15 is 0 Å². The van der Waals surface area contributed by atoms with Gasteiger partial charge in [0.1, 0.15) is 5.75 Å². The van der Waals surface area contributed by atoms with Gasteiger partial charge in [-0.25, -0.2) is 0 Å². The SMILES string of the molecule is NCC(CC(=O)O)c1cccc(O)c1Br. The summed E-state index contributed by atoms with van der Waals surface area (Å²) in [6.45, 7) is 0.231. The molecule has 0 saturated heterocycles. The first-order valence-corrected chi connectivity index (χ1v) is 5.24. The maximum atomic E-state index is 10.6. The quantitative estimate of drug-likeness (QED) is 0.779. The second-order valence-corrected chi connectivity index (χ2v) is 4.00. The second-order valence-electron chi connectivity index (χ2n) is 3.21. The minimum atomic E-state index is -0.902. The van der Waals surface area contributed by atoms with Gasteiger partial charge in [0.15, 0.2) is 0 Å². The Kier molecular flexibility index (Phi) is 4.11. The summed E-state index contributed by atoms with van der Waals surface area (Å²) >= 11 is 3.21. The van der Waals surface area contributed by atoms with Crippen LogP contribution in [0, 0.1) is 0 Å². The molecule has 1 aromatic rings. The van der Waals surface area contributed by atoms with Crippen molar-refractivity contribution in [3.63, 3.8) is 0 Å². The zero-order valence-corrected chi connectivity index (χ0v) is 9.57. The lowest BCUT2D eigenvalue weighted by molar-refractivity contribution is -0.137. The predicted molar refractivity (Wildman–Crippen MR) is 59.9 cm³/mol. The van der Waals surface area contributed by atoms with Crippen molar-refractivity contribution in [2.45, 2.75) is 12.3 Å². The van der Waals surface area contributed by atoms with Crippen molar-refractivity contribution in [2.24, 2.45) is 5.73 Å². The number of nitrogens with two attached hydrogens (primary N) is 1. The molecular weight excluding hydrogens is 262 g/mol. The lowest BCUT2D eigenvalue weighted by Gasteiger charge is -2.15. The van der Waals surface area contributed by atoms with Crippen LogP contribution in [0.15, 0.2) is 22.7 Å². The number of aromatic hydroxyl groups is 1. The molecule has 0 spiro atoms. The van der Waals surface area contributed by atoms with Gasteiger partial charge in [-0.1, -0.05) is 12.1 Å². The highest BCUT2D eigenvalue weighted by molar-refractivity contribution is 9.10. The average Bonchev–Trinajstić information content (AvgIpc) is 2.19. The number of halogens is 1. The number of carboxylic acid groups (broad SMARTS) is 1. The maximum absolute atomic E-state index is 10.6. The molecule has 0 bridgehead atoms. The monoisotopic (exact) mass is 273 g/mol. The van der Waals surface area contributed by atoms with E-state index in [1.165, 1.54) is 6.07 Å². The number of aliphatic carboxylic acids is 1. The van der Waals surface area contributed by atoms with E-state index in [1.807, 2.05) is 0 Å². The Morgan fingerprint density at radius 2 is 2.20 bits per heavy atom. The number of hydrogen-bond donors (Lipinski definition) is 3. The van der Waals surface area contributed by atoms with Gasteiger partial charge in [-0.3, -0.25) is 4.79 Å². The fourth-order valence-corrected chi connectivity index (χ4v) is 1.97. The van der Waals surface area contributed by atoms with Crippen LogP contribution in [0.4, 0.5) is 0 Å². The predicted octanol–water partition coefficient (Wildman–Crippen LogP) is 1.67. The molecule has 0 radical (unpaired) electrons. The first kappa shape index (κ1) is 12.0. The Balaban J connectivity index is 3.01. The van der Waals surface area contributed by atoms with Crippen molar-refractivity contribution < 1.29 is 15.0 Å². The molecule has 0 heterocycles. The number of rotatable bonds is 4. The zero-order chi connectivity index (χ0) is 11.4. The molecule has 1 rings (SSSR count). The Bertz CT molecular complexity index is 368. The highest BCUT2D eigenvalue weighted by Crippen LogP contribution is 2.33. The van der Waals surface area contributed by atoms with Crippen molar-refractivity contribution >= 4 is 21.9 Å². The van der Waals surface area contributed by atoms with E-state index in [4.69, 9.17) is 10.8 Å². The molecule has 1 unspecified atom stereocenters. The van der Waals surface area contributed by atoms with Crippen molar-refractivity contribution in [1.29, 1.82) is 0 Å². The number of carbonyl (C=O) groups is 1. The summed E-state index contributed by atoms with van der Waals surface area (Å²) < 4.78 is 0.515. The summed E-state index contributed by atoms with van der Waals surface area (Å²) in [5, 5.41) is 18.1. The minimum absolute atomic E-state index is 0.0431. The van der Waals surface area contributed by atoms with Crippen molar-refractivity contribution in [2.75, 3.05) is 6.54 Å². The molecule has 1 aromatic carbocycles. The largest absolute Gasteiger partial charge is 0.507 e. The lowest BCUT2D eigenvalue weighted by Crippen LogP contribution is -2.16. The van der Waals surface area contributed by atoms with Crippen LogP contribution in [-0.2, 0) is 4.79 Å². The van der Waals surface area contributed by atoms with E-state index < -0.39 is 5.97 Å². The molecule has 5 heteroatoms. The third kappa shape index (κ3) is 2.94. The van der Waals surface area contributed by atoms with Gasteiger partial charge in [-0.05, 0) is 34.1 Å². The van der Waals surface area contributed by atoms with Gasteiger partial charge in [0.25, 0.3) is 0 Å². The summed E-state index contributed by atoms with van der Waals surface area (Å²) in [6, 6.07) is 4.95. The average molecular weight is 274 g/mol. The van der Waals surface area contributed by atoms with Crippen LogP contribution in [0.1, 0.15) is 17.9 Å². The fourth-order valence-electron chi connectivity index (χ4n) is 1.38. The lowest BCUT2D eigenvalue weighted by atomic mass is 9.96. The molecule has 0 aromatic heterocycles. The molecule has 0 saturated carbocycles. The third-order valence-corrected chi connectivity index (χ3v) is 3.02. The zero-order valence-electron chi connectivity index (χ0n) is 7.98. The summed E-state index contributed by atoms with van der Waals surface area (Å²) in [5.41, 5.74) is 6.23. The van der Waals surface area contributed by atoms with E-state index in [0.717, 1.165) is 5.56 Å². The van der Waals surface area contributed by atoms with Gasteiger partial charge in [0.05, 0.1) is 10.9 Å². The summed E-state index contributed by atoms with van der Waals surface area (Å²) in [4.78, 5) is 10.6. The van der Waals surface area contributed by atoms with E-state index in [-0.39, 0.29) is 24.6 Å². The topological polar surface area (TPSA) is 83.6 Å². The summed E-state index contributed by atoms with van der Waals surface area (Å²) in [6.07, 6.45) is -0.0431. The van der Waals surface area contributed by atoms with Gasteiger partial charge < -0.3 is 15.9 Å². The molecule has 4 nitrogen and oxygen atoms in total. The molecular formula is C10H12BrNO3. The Morgan fingerprint density at radius 1 is 1.53 bits per heavy atom. The Labute approximate surface area is 95.8 Å². The highest BCUT2D eigenvalue weighted by Gasteiger charge is 2.17. The standard InChI is InChI=1S/C10H12BrNO3/c11-10-7(2-1-3-8(10)13)6(5-12)4-9(14)15/h1-3,6,13H,4-5,12H2,(H,14,15).